The van der Waals surface area contributed by atoms with Crippen molar-refractivity contribution in [3.63, 3.8) is 0 Å². The molecule has 2 aromatic rings. The quantitative estimate of drug-likeness (QED) is 0.898. The van der Waals surface area contributed by atoms with Gasteiger partial charge in [-0.05, 0) is 31.0 Å². The van der Waals surface area contributed by atoms with E-state index in [1.807, 2.05) is 32.0 Å². The maximum atomic E-state index is 10.6. The van der Waals surface area contributed by atoms with E-state index in [1.165, 1.54) is 12.4 Å². The summed E-state index contributed by atoms with van der Waals surface area (Å²) in [4.78, 5) is 18.4. The summed E-state index contributed by atoms with van der Waals surface area (Å²) in [6.07, 6.45) is 2.44. The summed E-state index contributed by atoms with van der Waals surface area (Å²) in [5, 5.41) is 8.73. The minimum absolute atomic E-state index is 0.0308. The van der Waals surface area contributed by atoms with Crippen LogP contribution in [-0.4, -0.2) is 21.0 Å². The highest BCUT2D eigenvalue weighted by Gasteiger charge is 2.07. The van der Waals surface area contributed by atoms with Gasteiger partial charge < -0.3 is 9.84 Å². The van der Waals surface area contributed by atoms with Gasteiger partial charge in [0.05, 0.1) is 5.56 Å². The molecule has 18 heavy (non-hydrogen) atoms. The molecule has 0 saturated carbocycles. The molecule has 0 unspecified atom stereocenters. The first-order chi connectivity index (χ1) is 8.56. The summed E-state index contributed by atoms with van der Waals surface area (Å²) in [5.41, 5.74) is 2.06. The highest BCUT2D eigenvalue weighted by Crippen LogP contribution is 2.23. The van der Waals surface area contributed by atoms with Crippen LogP contribution in [0.5, 0.6) is 11.8 Å². The third-order valence-electron chi connectivity index (χ3n) is 2.42. The average Bonchev–Trinajstić information content (AvgIpc) is 2.34. The van der Waals surface area contributed by atoms with Crippen molar-refractivity contribution in [2.75, 3.05) is 0 Å². The monoisotopic (exact) mass is 244 g/mol. The molecular weight excluding hydrogens is 232 g/mol. The summed E-state index contributed by atoms with van der Waals surface area (Å²) < 4.78 is 5.51. The van der Waals surface area contributed by atoms with Crippen LogP contribution in [0, 0.1) is 13.8 Å². The number of rotatable bonds is 3. The number of carboxylic acid groups (broad SMARTS) is 1. The molecule has 0 spiro atoms. The lowest BCUT2D eigenvalue weighted by Crippen LogP contribution is -2.00. The number of carbonyl (C=O) groups is 1. The Labute approximate surface area is 104 Å². The third kappa shape index (κ3) is 2.63. The number of benzene rings is 1. The van der Waals surface area contributed by atoms with E-state index < -0.39 is 5.97 Å². The second-order valence-electron chi connectivity index (χ2n) is 3.93. The number of nitrogens with zero attached hydrogens (tertiary/aromatic N) is 2. The molecule has 0 amide bonds. The first-order valence-electron chi connectivity index (χ1n) is 5.36. The molecule has 0 aliphatic rings. The first kappa shape index (κ1) is 12.0. The van der Waals surface area contributed by atoms with Crippen LogP contribution >= 0.6 is 0 Å². The van der Waals surface area contributed by atoms with E-state index in [0.717, 1.165) is 11.1 Å². The van der Waals surface area contributed by atoms with Crippen molar-refractivity contribution in [1.82, 2.24) is 9.97 Å². The van der Waals surface area contributed by atoms with E-state index in [2.05, 4.69) is 9.97 Å². The van der Waals surface area contributed by atoms with Crippen molar-refractivity contribution >= 4 is 5.97 Å². The zero-order chi connectivity index (χ0) is 13.1. The van der Waals surface area contributed by atoms with Crippen LogP contribution in [0.4, 0.5) is 0 Å². The lowest BCUT2D eigenvalue weighted by molar-refractivity contribution is 0.0696. The molecule has 5 heteroatoms. The Morgan fingerprint density at radius 1 is 1.22 bits per heavy atom. The van der Waals surface area contributed by atoms with E-state index in [-0.39, 0.29) is 11.6 Å². The number of hydrogen-bond acceptors (Lipinski definition) is 4. The van der Waals surface area contributed by atoms with Crippen molar-refractivity contribution in [2.24, 2.45) is 0 Å². The SMILES string of the molecule is Cc1ccc(C)c(Oc2ncc(C(=O)O)cn2)c1. The molecule has 0 fully saturated rings. The number of ether oxygens (including phenoxy) is 1. The zero-order valence-electron chi connectivity index (χ0n) is 10.0. The Balaban J connectivity index is 2.23. The number of aryl methyl sites for hydroxylation is 2. The molecule has 92 valence electrons. The zero-order valence-corrected chi connectivity index (χ0v) is 10.0. The van der Waals surface area contributed by atoms with Crippen molar-refractivity contribution in [2.45, 2.75) is 13.8 Å². The Hall–Kier alpha value is -2.43. The fraction of sp³-hybridized carbons (Fsp3) is 0.154. The van der Waals surface area contributed by atoms with Crippen LogP contribution in [0.2, 0.25) is 0 Å². The summed E-state index contributed by atoms with van der Waals surface area (Å²) in [6.45, 7) is 3.88. The lowest BCUT2D eigenvalue weighted by Gasteiger charge is -2.07. The molecule has 1 aromatic heterocycles. The van der Waals surface area contributed by atoms with Crippen molar-refractivity contribution in [1.29, 1.82) is 0 Å². The topological polar surface area (TPSA) is 72.3 Å². The molecule has 1 N–H and O–H groups in total. The van der Waals surface area contributed by atoms with Crippen LogP contribution < -0.4 is 4.74 Å². The lowest BCUT2D eigenvalue weighted by atomic mass is 10.1. The van der Waals surface area contributed by atoms with Gasteiger partial charge in [-0.2, -0.15) is 0 Å². The predicted octanol–water partition coefficient (Wildman–Crippen LogP) is 2.58. The van der Waals surface area contributed by atoms with Gasteiger partial charge in [-0.1, -0.05) is 12.1 Å². The number of hydrogen-bond donors (Lipinski definition) is 1. The first-order valence-corrected chi connectivity index (χ1v) is 5.36. The summed E-state index contributed by atoms with van der Waals surface area (Å²) >= 11 is 0. The molecule has 5 nitrogen and oxygen atoms in total. The predicted molar refractivity (Wildman–Crippen MR) is 65.0 cm³/mol. The standard InChI is InChI=1S/C13H12N2O3/c1-8-3-4-9(2)11(5-8)18-13-14-6-10(7-15-13)12(16)17/h3-7H,1-2H3,(H,16,17). The fourth-order valence-electron chi connectivity index (χ4n) is 1.39. The normalized spacial score (nSPS) is 10.1. The van der Waals surface area contributed by atoms with Gasteiger partial charge in [0.25, 0.3) is 0 Å². The molecule has 1 aromatic carbocycles. The molecule has 0 aliphatic heterocycles. The van der Waals surface area contributed by atoms with Crippen LogP contribution in [0.15, 0.2) is 30.6 Å². The van der Waals surface area contributed by atoms with E-state index in [4.69, 9.17) is 9.84 Å². The largest absolute Gasteiger partial charge is 0.478 e. The highest BCUT2D eigenvalue weighted by molar-refractivity contribution is 5.86. The van der Waals surface area contributed by atoms with Crippen molar-refractivity contribution < 1.29 is 14.6 Å². The molecule has 0 aliphatic carbocycles. The van der Waals surface area contributed by atoms with Crippen LogP contribution in [0.1, 0.15) is 21.5 Å². The smallest absolute Gasteiger partial charge is 0.338 e. The van der Waals surface area contributed by atoms with Gasteiger partial charge in [-0.3, -0.25) is 0 Å². The Morgan fingerprint density at radius 2 is 1.89 bits per heavy atom. The number of carboxylic acids is 1. The van der Waals surface area contributed by atoms with Crippen LogP contribution in [0.25, 0.3) is 0 Å². The molecule has 0 saturated heterocycles. The minimum atomic E-state index is -1.06. The summed E-state index contributed by atoms with van der Waals surface area (Å²) in [6, 6.07) is 5.94. The molecular formula is C13H12N2O3. The number of aromatic nitrogens is 2. The van der Waals surface area contributed by atoms with Crippen molar-refractivity contribution in [3.05, 3.63) is 47.3 Å². The van der Waals surface area contributed by atoms with Gasteiger partial charge in [-0.25, -0.2) is 14.8 Å². The van der Waals surface area contributed by atoms with Crippen LogP contribution in [0.3, 0.4) is 0 Å². The number of aromatic carboxylic acids is 1. The second kappa shape index (κ2) is 4.83. The fourth-order valence-corrected chi connectivity index (χ4v) is 1.39. The second-order valence-corrected chi connectivity index (χ2v) is 3.93. The van der Waals surface area contributed by atoms with E-state index in [0.29, 0.717) is 5.75 Å². The molecule has 0 bridgehead atoms. The van der Waals surface area contributed by atoms with E-state index >= 15 is 0 Å². The maximum Gasteiger partial charge on any atom is 0.338 e. The minimum Gasteiger partial charge on any atom is -0.478 e. The molecule has 0 atom stereocenters. The molecule has 2 rings (SSSR count). The van der Waals surface area contributed by atoms with Gasteiger partial charge in [0, 0.05) is 12.4 Å². The third-order valence-corrected chi connectivity index (χ3v) is 2.42. The Bertz CT molecular complexity index is 579. The highest BCUT2D eigenvalue weighted by atomic mass is 16.5. The van der Waals surface area contributed by atoms with Gasteiger partial charge in [-0.15, -0.1) is 0 Å². The van der Waals surface area contributed by atoms with Gasteiger partial charge in [0.15, 0.2) is 0 Å². The van der Waals surface area contributed by atoms with Gasteiger partial charge >= 0.3 is 12.0 Å². The van der Waals surface area contributed by atoms with Gasteiger partial charge in [0.1, 0.15) is 5.75 Å². The summed E-state index contributed by atoms with van der Waals surface area (Å²) in [7, 11) is 0. The Morgan fingerprint density at radius 3 is 2.50 bits per heavy atom. The summed E-state index contributed by atoms with van der Waals surface area (Å²) in [5.74, 6) is -0.397. The Kier molecular flexibility index (Phi) is 3.23. The van der Waals surface area contributed by atoms with E-state index in [1.54, 1.807) is 0 Å². The van der Waals surface area contributed by atoms with E-state index in [9.17, 15) is 4.79 Å². The molecule has 1 heterocycles. The van der Waals surface area contributed by atoms with Gasteiger partial charge in [0.2, 0.25) is 0 Å². The molecule has 0 radical (unpaired) electrons. The average molecular weight is 244 g/mol. The van der Waals surface area contributed by atoms with Crippen molar-refractivity contribution in [3.8, 4) is 11.8 Å². The maximum absolute atomic E-state index is 10.6. The van der Waals surface area contributed by atoms with Crippen LogP contribution in [-0.2, 0) is 0 Å².